The Kier molecular flexibility index (Phi) is 4.80. The predicted molar refractivity (Wildman–Crippen MR) is 77.4 cm³/mol. The molecule has 1 aliphatic rings. The fraction of sp³-hybridized carbons (Fsp3) is 0.533. The van der Waals surface area contributed by atoms with E-state index in [1.54, 1.807) is 0 Å². The van der Waals surface area contributed by atoms with Crippen molar-refractivity contribution in [2.75, 3.05) is 23.8 Å². The zero-order valence-corrected chi connectivity index (χ0v) is 11.6. The summed E-state index contributed by atoms with van der Waals surface area (Å²) in [7, 11) is 0. The molecule has 0 saturated heterocycles. The summed E-state index contributed by atoms with van der Waals surface area (Å²) in [6.07, 6.45) is 2.06. The molecule has 1 aromatic rings. The average molecular weight is 262 g/mol. The monoisotopic (exact) mass is 262 g/mol. The molecule has 0 spiro atoms. The molecule has 1 atom stereocenters. The highest BCUT2D eigenvalue weighted by atomic mass is 16.5. The number of carbonyl (C=O) groups is 1. The third-order valence-electron chi connectivity index (χ3n) is 3.09. The zero-order valence-electron chi connectivity index (χ0n) is 11.6. The van der Waals surface area contributed by atoms with E-state index in [0.29, 0.717) is 6.61 Å². The first-order chi connectivity index (χ1) is 9.19. The van der Waals surface area contributed by atoms with E-state index in [4.69, 9.17) is 4.74 Å². The van der Waals surface area contributed by atoms with Crippen molar-refractivity contribution in [1.82, 2.24) is 0 Å². The van der Waals surface area contributed by atoms with Crippen molar-refractivity contribution in [3.8, 4) is 0 Å². The third kappa shape index (κ3) is 4.56. The van der Waals surface area contributed by atoms with Crippen LogP contribution in [0.3, 0.4) is 0 Å². The number of anilines is 2. The van der Waals surface area contributed by atoms with Gasteiger partial charge in [0.15, 0.2) is 0 Å². The SMILES string of the molecule is CCOCC(C)Nc1ccc(NC(=O)C2CC2)cc1. The lowest BCUT2D eigenvalue weighted by molar-refractivity contribution is -0.117. The van der Waals surface area contributed by atoms with Crippen molar-refractivity contribution in [2.24, 2.45) is 5.92 Å². The van der Waals surface area contributed by atoms with E-state index in [2.05, 4.69) is 17.6 Å². The largest absolute Gasteiger partial charge is 0.380 e. The van der Waals surface area contributed by atoms with Crippen LogP contribution in [0.2, 0.25) is 0 Å². The number of carbonyl (C=O) groups excluding carboxylic acids is 1. The average Bonchev–Trinajstić information content (AvgIpc) is 3.23. The molecule has 104 valence electrons. The first-order valence-electron chi connectivity index (χ1n) is 6.94. The lowest BCUT2D eigenvalue weighted by Crippen LogP contribution is -2.21. The molecule has 2 rings (SSSR count). The summed E-state index contributed by atoms with van der Waals surface area (Å²) in [4.78, 5) is 11.6. The van der Waals surface area contributed by atoms with Gasteiger partial charge >= 0.3 is 0 Å². The van der Waals surface area contributed by atoms with Crippen LogP contribution in [0.4, 0.5) is 11.4 Å². The summed E-state index contributed by atoms with van der Waals surface area (Å²) in [6, 6.07) is 8.08. The normalized spacial score (nSPS) is 15.9. The van der Waals surface area contributed by atoms with Crippen molar-refractivity contribution in [1.29, 1.82) is 0 Å². The van der Waals surface area contributed by atoms with Gasteiger partial charge in [-0.15, -0.1) is 0 Å². The van der Waals surface area contributed by atoms with Crippen LogP contribution < -0.4 is 10.6 Å². The van der Waals surface area contributed by atoms with Crippen molar-refractivity contribution in [3.05, 3.63) is 24.3 Å². The lowest BCUT2D eigenvalue weighted by atomic mass is 10.2. The maximum absolute atomic E-state index is 11.6. The molecule has 1 saturated carbocycles. The zero-order chi connectivity index (χ0) is 13.7. The molecule has 1 unspecified atom stereocenters. The molecule has 1 amide bonds. The first-order valence-corrected chi connectivity index (χ1v) is 6.94. The Morgan fingerprint density at radius 3 is 2.53 bits per heavy atom. The van der Waals surface area contributed by atoms with Gasteiger partial charge in [-0.2, -0.15) is 0 Å². The van der Waals surface area contributed by atoms with Gasteiger partial charge in [0.2, 0.25) is 5.91 Å². The number of benzene rings is 1. The summed E-state index contributed by atoms with van der Waals surface area (Å²) in [6.45, 7) is 5.50. The predicted octanol–water partition coefficient (Wildman–Crippen LogP) is 2.87. The van der Waals surface area contributed by atoms with Crippen molar-refractivity contribution < 1.29 is 9.53 Å². The van der Waals surface area contributed by atoms with Gasteiger partial charge in [-0.1, -0.05) is 0 Å². The molecule has 0 bridgehead atoms. The van der Waals surface area contributed by atoms with Crippen LogP contribution in [0.1, 0.15) is 26.7 Å². The van der Waals surface area contributed by atoms with Gasteiger partial charge in [0.05, 0.1) is 6.61 Å². The van der Waals surface area contributed by atoms with Crippen molar-refractivity contribution in [3.63, 3.8) is 0 Å². The van der Waals surface area contributed by atoms with E-state index < -0.39 is 0 Å². The highest BCUT2D eigenvalue weighted by molar-refractivity contribution is 5.94. The molecule has 1 aromatic carbocycles. The Balaban J connectivity index is 1.81. The topological polar surface area (TPSA) is 50.4 Å². The van der Waals surface area contributed by atoms with Gasteiger partial charge in [0.1, 0.15) is 0 Å². The fourth-order valence-electron chi connectivity index (χ4n) is 1.86. The van der Waals surface area contributed by atoms with Gasteiger partial charge in [-0.25, -0.2) is 0 Å². The summed E-state index contributed by atoms with van der Waals surface area (Å²) in [5.41, 5.74) is 1.90. The number of ether oxygens (including phenoxy) is 1. The maximum atomic E-state index is 11.6. The van der Waals surface area contributed by atoms with E-state index in [9.17, 15) is 4.79 Å². The molecule has 0 radical (unpaired) electrons. The summed E-state index contributed by atoms with van der Waals surface area (Å²) in [5.74, 6) is 0.384. The molecule has 2 N–H and O–H groups in total. The highest BCUT2D eigenvalue weighted by Crippen LogP contribution is 2.30. The van der Waals surface area contributed by atoms with Crippen LogP contribution in [0.5, 0.6) is 0 Å². The molecule has 4 nitrogen and oxygen atoms in total. The highest BCUT2D eigenvalue weighted by Gasteiger charge is 2.29. The van der Waals surface area contributed by atoms with E-state index in [0.717, 1.165) is 30.8 Å². The van der Waals surface area contributed by atoms with Gasteiger partial charge in [-0.05, 0) is 51.0 Å². The third-order valence-corrected chi connectivity index (χ3v) is 3.09. The Morgan fingerprint density at radius 1 is 1.32 bits per heavy atom. The van der Waals surface area contributed by atoms with Gasteiger partial charge < -0.3 is 15.4 Å². The van der Waals surface area contributed by atoms with Gasteiger partial charge in [0.25, 0.3) is 0 Å². The van der Waals surface area contributed by atoms with E-state index >= 15 is 0 Å². The van der Waals surface area contributed by atoms with Crippen molar-refractivity contribution in [2.45, 2.75) is 32.7 Å². The molecular formula is C15H22N2O2. The van der Waals surface area contributed by atoms with Crippen LogP contribution in [0.15, 0.2) is 24.3 Å². The van der Waals surface area contributed by atoms with E-state index in [-0.39, 0.29) is 17.9 Å². The van der Waals surface area contributed by atoms with Gasteiger partial charge in [-0.3, -0.25) is 4.79 Å². The molecule has 0 aliphatic heterocycles. The fourth-order valence-corrected chi connectivity index (χ4v) is 1.86. The maximum Gasteiger partial charge on any atom is 0.227 e. The summed E-state index contributed by atoms with van der Waals surface area (Å²) < 4.78 is 5.36. The summed E-state index contributed by atoms with van der Waals surface area (Å²) >= 11 is 0. The minimum absolute atomic E-state index is 0.144. The van der Waals surface area contributed by atoms with Crippen LogP contribution in [0.25, 0.3) is 0 Å². The molecule has 1 aliphatic carbocycles. The van der Waals surface area contributed by atoms with Crippen LogP contribution >= 0.6 is 0 Å². The quantitative estimate of drug-likeness (QED) is 0.794. The molecule has 19 heavy (non-hydrogen) atoms. The second kappa shape index (κ2) is 6.57. The Morgan fingerprint density at radius 2 is 1.95 bits per heavy atom. The number of hydrogen-bond acceptors (Lipinski definition) is 3. The van der Waals surface area contributed by atoms with Crippen LogP contribution in [0, 0.1) is 5.92 Å². The Labute approximate surface area is 114 Å². The van der Waals surface area contributed by atoms with Crippen molar-refractivity contribution >= 4 is 17.3 Å². The summed E-state index contributed by atoms with van der Waals surface area (Å²) in [5, 5.41) is 6.28. The van der Waals surface area contributed by atoms with Crippen LogP contribution in [-0.4, -0.2) is 25.2 Å². The number of rotatable bonds is 7. The number of hydrogen-bond donors (Lipinski definition) is 2. The number of nitrogens with one attached hydrogen (secondary N) is 2. The smallest absolute Gasteiger partial charge is 0.227 e. The minimum Gasteiger partial charge on any atom is -0.380 e. The van der Waals surface area contributed by atoms with Gasteiger partial charge in [0, 0.05) is 29.9 Å². The Hall–Kier alpha value is -1.55. The standard InChI is InChI=1S/C15H22N2O2/c1-3-19-10-11(2)16-13-6-8-14(9-7-13)17-15(18)12-4-5-12/h6-9,11-12,16H,3-5,10H2,1-2H3,(H,17,18). The molecule has 0 heterocycles. The number of amides is 1. The minimum atomic E-state index is 0.144. The Bertz CT molecular complexity index is 413. The second-order valence-electron chi connectivity index (χ2n) is 5.05. The molecule has 0 aromatic heterocycles. The van der Waals surface area contributed by atoms with E-state index in [1.807, 2.05) is 31.2 Å². The van der Waals surface area contributed by atoms with E-state index in [1.165, 1.54) is 0 Å². The first kappa shape index (κ1) is 13.9. The lowest BCUT2D eigenvalue weighted by Gasteiger charge is -2.15. The molecule has 1 fully saturated rings. The molecular weight excluding hydrogens is 240 g/mol. The molecule has 4 heteroatoms. The van der Waals surface area contributed by atoms with Crippen LogP contribution in [-0.2, 0) is 9.53 Å². The second-order valence-corrected chi connectivity index (χ2v) is 5.05.